The number of hydrogen-bond donors (Lipinski definition) is 6. The number of esters is 1. The average Bonchev–Trinajstić information content (AvgIpc) is 3.40. The van der Waals surface area contributed by atoms with Gasteiger partial charge in [0.25, 0.3) is 0 Å². The Morgan fingerprint density at radius 2 is 0.878 bits per heavy atom. The van der Waals surface area contributed by atoms with Crippen LogP contribution in [0.4, 0.5) is 0 Å². The van der Waals surface area contributed by atoms with Gasteiger partial charge in [-0.2, -0.15) is 0 Å². The molecule has 1 amide bonds. The number of hydrogen-bond acceptors (Lipinski definition) is 10. The van der Waals surface area contributed by atoms with Crippen LogP contribution in [0.3, 0.4) is 0 Å². The van der Waals surface area contributed by atoms with Gasteiger partial charge in [0, 0.05) is 12.8 Å². The third-order valence-corrected chi connectivity index (χ3v) is 14.7. The highest BCUT2D eigenvalue weighted by molar-refractivity contribution is 5.76. The van der Waals surface area contributed by atoms with Crippen molar-refractivity contribution in [3.8, 4) is 0 Å². The third-order valence-electron chi connectivity index (χ3n) is 14.7. The first-order valence-electron chi connectivity index (χ1n) is 31.3. The second-order valence-corrected chi connectivity index (χ2v) is 21.8. The SMILES string of the molecule is CCCCCC/C=C/CC/C=C/CC/C=C/C(O)C(COC1OC(CO)C(O)C(O)C1O)NC(=O)CCCCCCCCCCCCCCCCCCCCCCCOC(=O)CCCCCCCCCCCCC. The molecule has 1 saturated heterocycles. The van der Waals surface area contributed by atoms with Crippen molar-refractivity contribution in [2.24, 2.45) is 0 Å². The Labute approximate surface area is 453 Å². The van der Waals surface area contributed by atoms with E-state index in [1.165, 1.54) is 193 Å². The molecule has 0 bridgehead atoms. The molecule has 1 fully saturated rings. The summed E-state index contributed by atoms with van der Waals surface area (Å²) < 4.78 is 16.7. The van der Waals surface area contributed by atoms with Crippen LogP contribution in [0, 0.1) is 0 Å². The first kappa shape index (κ1) is 69.9. The summed E-state index contributed by atoms with van der Waals surface area (Å²) in [6.07, 6.45) is 55.2. The lowest BCUT2D eigenvalue weighted by molar-refractivity contribution is -0.302. The van der Waals surface area contributed by atoms with Crippen LogP contribution in [0.1, 0.15) is 290 Å². The molecule has 0 aromatic carbocycles. The van der Waals surface area contributed by atoms with Crippen LogP contribution >= 0.6 is 0 Å². The molecule has 7 atom stereocenters. The van der Waals surface area contributed by atoms with E-state index in [0.29, 0.717) is 19.4 Å². The molecule has 1 aliphatic rings. The maximum absolute atomic E-state index is 13.0. The van der Waals surface area contributed by atoms with E-state index in [-0.39, 0.29) is 18.5 Å². The van der Waals surface area contributed by atoms with E-state index < -0.39 is 49.5 Å². The Morgan fingerprint density at radius 3 is 1.34 bits per heavy atom. The lowest BCUT2D eigenvalue weighted by Crippen LogP contribution is -2.60. The number of amides is 1. The van der Waals surface area contributed by atoms with E-state index in [1.54, 1.807) is 6.08 Å². The van der Waals surface area contributed by atoms with Gasteiger partial charge < -0.3 is 45.1 Å². The van der Waals surface area contributed by atoms with Gasteiger partial charge >= 0.3 is 5.97 Å². The Bertz CT molecular complexity index is 1320. The number of aliphatic hydroxyl groups is 5. The first-order valence-corrected chi connectivity index (χ1v) is 31.3. The molecule has 11 nitrogen and oxygen atoms in total. The minimum atomic E-state index is -1.58. The van der Waals surface area contributed by atoms with Crippen molar-refractivity contribution in [1.82, 2.24) is 5.32 Å². The predicted octanol–water partition coefficient (Wildman–Crippen LogP) is 14.7. The highest BCUT2D eigenvalue weighted by Gasteiger charge is 2.44. The Balaban J connectivity index is 2.08. The van der Waals surface area contributed by atoms with Crippen molar-refractivity contribution in [1.29, 1.82) is 0 Å². The molecule has 434 valence electrons. The van der Waals surface area contributed by atoms with Crippen LogP contribution in [0.5, 0.6) is 0 Å². The Morgan fingerprint density at radius 1 is 0.486 bits per heavy atom. The molecule has 0 aromatic rings. The van der Waals surface area contributed by atoms with Gasteiger partial charge in [0.2, 0.25) is 5.91 Å². The molecule has 1 heterocycles. The van der Waals surface area contributed by atoms with Crippen molar-refractivity contribution in [3.05, 3.63) is 36.5 Å². The van der Waals surface area contributed by atoms with E-state index in [9.17, 15) is 35.1 Å². The average molecular weight is 1050 g/mol. The normalized spacial score (nSPS) is 19.0. The molecular formula is C63H117NO10. The van der Waals surface area contributed by atoms with E-state index in [2.05, 4.69) is 43.5 Å². The zero-order chi connectivity index (χ0) is 53.8. The van der Waals surface area contributed by atoms with Gasteiger partial charge in [0.15, 0.2) is 6.29 Å². The number of ether oxygens (including phenoxy) is 3. The number of nitrogens with one attached hydrogen (secondary N) is 1. The van der Waals surface area contributed by atoms with Gasteiger partial charge in [0.1, 0.15) is 24.4 Å². The highest BCUT2D eigenvalue weighted by Crippen LogP contribution is 2.23. The zero-order valence-corrected chi connectivity index (χ0v) is 47.8. The van der Waals surface area contributed by atoms with E-state index in [4.69, 9.17) is 14.2 Å². The molecule has 0 saturated carbocycles. The number of carbonyl (C=O) groups is 2. The fourth-order valence-electron chi connectivity index (χ4n) is 9.76. The van der Waals surface area contributed by atoms with Gasteiger partial charge in [-0.25, -0.2) is 0 Å². The summed E-state index contributed by atoms with van der Waals surface area (Å²) in [6, 6.07) is -0.835. The highest BCUT2D eigenvalue weighted by atomic mass is 16.7. The van der Waals surface area contributed by atoms with Crippen LogP contribution in [-0.2, 0) is 23.8 Å². The molecular weight excluding hydrogens is 931 g/mol. The van der Waals surface area contributed by atoms with Gasteiger partial charge in [-0.3, -0.25) is 9.59 Å². The predicted molar refractivity (Wildman–Crippen MR) is 306 cm³/mol. The van der Waals surface area contributed by atoms with E-state index in [0.717, 1.165) is 70.6 Å². The molecule has 0 aliphatic carbocycles. The van der Waals surface area contributed by atoms with E-state index in [1.807, 2.05) is 6.08 Å². The second-order valence-electron chi connectivity index (χ2n) is 21.8. The Hall–Kier alpha value is -2.12. The number of aliphatic hydroxyl groups excluding tert-OH is 5. The maximum atomic E-state index is 13.0. The maximum Gasteiger partial charge on any atom is 0.305 e. The number of allylic oxidation sites excluding steroid dienone is 5. The summed E-state index contributed by atoms with van der Waals surface area (Å²) in [5, 5.41) is 54.4. The van der Waals surface area contributed by atoms with Crippen molar-refractivity contribution < 1.29 is 49.3 Å². The minimum absolute atomic E-state index is 0.00228. The molecule has 6 N–H and O–H groups in total. The second kappa shape index (κ2) is 52.9. The Kier molecular flexibility index (Phi) is 50.0. The van der Waals surface area contributed by atoms with Crippen LogP contribution in [0.15, 0.2) is 36.5 Å². The fraction of sp³-hybridized carbons (Fsp3) is 0.873. The number of rotatable bonds is 54. The van der Waals surface area contributed by atoms with Crippen molar-refractivity contribution in [3.63, 3.8) is 0 Å². The van der Waals surface area contributed by atoms with E-state index >= 15 is 0 Å². The molecule has 11 heteroatoms. The topological polar surface area (TPSA) is 175 Å². The van der Waals surface area contributed by atoms with Gasteiger partial charge in [-0.05, 0) is 57.8 Å². The summed E-state index contributed by atoms with van der Waals surface area (Å²) in [5.41, 5.74) is 0. The van der Waals surface area contributed by atoms with Crippen LogP contribution in [-0.4, -0.2) is 100 Å². The summed E-state index contributed by atoms with van der Waals surface area (Å²) in [5.74, 6) is -0.199. The van der Waals surface area contributed by atoms with Gasteiger partial charge in [-0.1, -0.05) is 256 Å². The third kappa shape index (κ3) is 42.0. The molecule has 0 spiro atoms. The molecule has 0 radical (unpaired) electrons. The largest absolute Gasteiger partial charge is 0.466 e. The quantitative estimate of drug-likeness (QED) is 0.0195. The zero-order valence-electron chi connectivity index (χ0n) is 47.8. The first-order chi connectivity index (χ1) is 36.2. The molecule has 1 rings (SSSR count). The van der Waals surface area contributed by atoms with Crippen molar-refractivity contribution in [2.75, 3.05) is 19.8 Å². The summed E-state index contributed by atoms with van der Waals surface area (Å²) in [6.45, 7) is 4.31. The lowest BCUT2D eigenvalue weighted by atomic mass is 9.99. The number of unbranched alkanes of at least 4 members (excludes halogenated alkanes) is 36. The van der Waals surface area contributed by atoms with Gasteiger partial charge in [0.05, 0.1) is 32.0 Å². The lowest BCUT2D eigenvalue weighted by Gasteiger charge is -2.40. The minimum Gasteiger partial charge on any atom is -0.466 e. The van der Waals surface area contributed by atoms with Crippen molar-refractivity contribution >= 4 is 11.9 Å². The summed E-state index contributed by atoms with van der Waals surface area (Å²) >= 11 is 0. The standard InChI is InChI=1S/C63H117NO10/c1-3-5-7-9-11-13-15-16-26-30-33-37-41-45-49-56(66)55(54-73-63-62(71)61(70)60(69)57(53-65)74-63)64-58(67)50-46-42-38-34-31-27-24-22-20-18-17-19-21-23-25-28-32-36-40-44-48-52-72-59(68)51-47-43-39-35-29-14-12-10-8-6-4-2/h13,15,30,33,45,49,55-57,60-63,65-66,69-71H,3-12,14,16-29,31-32,34-44,46-48,50-54H2,1-2H3,(H,64,67)/b15-13+,33-30+,49-45+. The molecule has 7 unspecified atom stereocenters. The van der Waals surface area contributed by atoms with Crippen LogP contribution in [0.25, 0.3) is 0 Å². The van der Waals surface area contributed by atoms with Crippen LogP contribution in [0.2, 0.25) is 0 Å². The monoisotopic (exact) mass is 1050 g/mol. The van der Waals surface area contributed by atoms with Crippen LogP contribution < -0.4 is 5.32 Å². The molecule has 0 aromatic heterocycles. The van der Waals surface area contributed by atoms with Crippen molar-refractivity contribution in [2.45, 2.75) is 333 Å². The summed E-state index contributed by atoms with van der Waals surface area (Å²) in [4.78, 5) is 25.1. The molecule has 1 aliphatic heterocycles. The van der Waals surface area contributed by atoms with Gasteiger partial charge in [-0.15, -0.1) is 0 Å². The fourth-order valence-corrected chi connectivity index (χ4v) is 9.76. The smallest absolute Gasteiger partial charge is 0.305 e. The summed E-state index contributed by atoms with van der Waals surface area (Å²) in [7, 11) is 0. The number of carbonyl (C=O) groups excluding carboxylic acids is 2. The molecule has 74 heavy (non-hydrogen) atoms.